The summed E-state index contributed by atoms with van der Waals surface area (Å²) in [5, 5.41) is 0.665. The highest BCUT2D eigenvalue weighted by molar-refractivity contribution is 7.16. The maximum absolute atomic E-state index is 12.7. The normalized spacial score (nSPS) is 11.8. The Morgan fingerprint density at radius 1 is 1.18 bits per heavy atom. The van der Waals surface area contributed by atoms with Gasteiger partial charge in [-0.15, -0.1) is 0 Å². The summed E-state index contributed by atoms with van der Waals surface area (Å²) in [4.78, 5) is 29.5. The van der Waals surface area contributed by atoms with E-state index in [-0.39, 0.29) is 29.7 Å². The van der Waals surface area contributed by atoms with E-state index in [4.69, 9.17) is 27.9 Å². The van der Waals surface area contributed by atoms with Crippen LogP contribution >= 0.6 is 34.5 Å². The highest BCUT2D eigenvalue weighted by Gasteiger charge is 2.16. The number of amides is 1. The summed E-state index contributed by atoms with van der Waals surface area (Å²) in [6.07, 6.45) is 0. The van der Waals surface area contributed by atoms with Gasteiger partial charge in [0.2, 0.25) is 0 Å². The van der Waals surface area contributed by atoms with Crippen molar-refractivity contribution in [2.45, 2.75) is 27.3 Å². The lowest BCUT2D eigenvalue weighted by Crippen LogP contribution is -2.23. The van der Waals surface area contributed by atoms with Gasteiger partial charge in [-0.05, 0) is 56.2 Å². The molecule has 1 aromatic heterocycles. The summed E-state index contributed by atoms with van der Waals surface area (Å²) in [6.45, 7) is 5.96. The quantitative estimate of drug-likeness (QED) is 0.544. The standard InChI is InChI=1S/C20H18Cl2N2O3S/c1-4-27-17(25)10-24-18-12(3)7-11(2)8-16(18)28-20(24)23-19(26)14-6-5-13(21)9-15(14)22/h5-9H,4,10H2,1-3H3. The Labute approximate surface area is 176 Å². The third-order valence-electron chi connectivity index (χ3n) is 4.06. The molecule has 0 aliphatic carbocycles. The Morgan fingerprint density at radius 3 is 2.61 bits per heavy atom. The fourth-order valence-corrected chi connectivity index (χ4v) is 4.66. The van der Waals surface area contributed by atoms with Crippen LogP contribution in [0.4, 0.5) is 0 Å². The Bertz CT molecular complexity index is 1150. The average Bonchev–Trinajstić information content (AvgIpc) is 2.91. The first-order valence-electron chi connectivity index (χ1n) is 8.60. The van der Waals surface area contributed by atoms with Crippen LogP contribution in [0.15, 0.2) is 35.3 Å². The van der Waals surface area contributed by atoms with Gasteiger partial charge in [-0.2, -0.15) is 4.99 Å². The van der Waals surface area contributed by atoms with E-state index in [9.17, 15) is 9.59 Å². The van der Waals surface area contributed by atoms with Gasteiger partial charge in [0.05, 0.1) is 27.4 Å². The summed E-state index contributed by atoms with van der Waals surface area (Å²) in [6, 6.07) is 8.65. The molecule has 28 heavy (non-hydrogen) atoms. The van der Waals surface area contributed by atoms with Crippen LogP contribution in [-0.4, -0.2) is 23.1 Å². The lowest BCUT2D eigenvalue weighted by molar-refractivity contribution is -0.143. The summed E-state index contributed by atoms with van der Waals surface area (Å²) in [5.74, 6) is -0.888. The molecule has 5 nitrogen and oxygen atoms in total. The highest BCUT2D eigenvalue weighted by atomic mass is 35.5. The molecule has 8 heteroatoms. The topological polar surface area (TPSA) is 60.7 Å². The molecule has 146 valence electrons. The van der Waals surface area contributed by atoms with Gasteiger partial charge in [-0.25, -0.2) is 0 Å². The predicted molar refractivity (Wildman–Crippen MR) is 112 cm³/mol. The Balaban J connectivity index is 2.18. The molecule has 3 rings (SSSR count). The molecule has 0 atom stereocenters. The van der Waals surface area contributed by atoms with Gasteiger partial charge in [0.1, 0.15) is 6.54 Å². The van der Waals surface area contributed by atoms with E-state index in [2.05, 4.69) is 4.99 Å². The van der Waals surface area contributed by atoms with E-state index >= 15 is 0 Å². The first-order chi connectivity index (χ1) is 13.3. The van der Waals surface area contributed by atoms with Gasteiger partial charge in [0, 0.05) is 5.02 Å². The number of fused-ring (bicyclic) bond motifs is 1. The second-order valence-electron chi connectivity index (χ2n) is 6.25. The van der Waals surface area contributed by atoms with E-state index in [1.807, 2.05) is 26.0 Å². The minimum Gasteiger partial charge on any atom is -0.465 e. The zero-order valence-corrected chi connectivity index (χ0v) is 17.9. The van der Waals surface area contributed by atoms with Crippen LogP contribution in [0, 0.1) is 13.8 Å². The number of aromatic nitrogens is 1. The monoisotopic (exact) mass is 436 g/mol. The van der Waals surface area contributed by atoms with Crippen molar-refractivity contribution in [3.63, 3.8) is 0 Å². The molecule has 0 aliphatic heterocycles. The molecule has 3 aromatic rings. The largest absolute Gasteiger partial charge is 0.465 e. The highest BCUT2D eigenvalue weighted by Crippen LogP contribution is 2.24. The summed E-state index contributed by atoms with van der Waals surface area (Å²) < 4.78 is 7.74. The minimum absolute atomic E-state index is 0.0296. The molecule has 0 saturated carbocycles. The van der Waals surface area contributed by atoms with Gasteiger partial charge in [-0.3, -0.25) is 9.59 Å². The van der Waals surface area contributed by atoms with Crippen molar-refractivity contribution >= 4 is 56.6 Å². The smallest absolute Gasteiger partial charge is 0.326 e. The molecule has 0 N–H and O–H groups in total. The Morgan fingerprint density at radius 2 is 1.93 bits per heavy atom. The number of hydrogen-bond donors (Lipinski definition) is 0. The number of nitrogens with zero attached hydrogens (tertiary/aromatic N) is 2. The molecule has 0 aliphatic rings. The van der Waals surface area contributed by atoms with Crippen molar-refractivity contribution in [1.29, 1.82) is 0 Å². The maximum atomic E-state index is 12.7. The average molecular weight is 437 g/mol. The lowest BCUT2D eigenvalue weighted by atomic mass is 10.1. The zero-order chi connectivity index (χ0) is 20.4. The minimum atomic E-state index is -0.500. The van der Waals surface area contributed by atoms with Crippen LogP contribution in [0.3, 0.4) is 0 Å². The lowest BCUT2D eigenvalue weighted by Gasteiger charge is -2.07. The molecule has 2 aromatic carbocycles. The summed E-state index contributed by atoms with van der Waals surface area (Å²) in [7, 11) is 0. The number of benzene rings is 2. The van der Waals surface area contributed by atoms with Crippen LogP contribution in [-0.2, 0) is 16.1 Å². The number of carbonyl (C=O) groups excluding carboxylic acids is 2. The predicted octanol–water partition coefficient (Wildman–Crippen LogP) is 4.93. The van der Waals surface area contributed by atoms with Crippen molar-refractivity contribution < 1.29 is 14.3 Å². The van der Waals surface area contributed by atoms with Crippen molar-refractivity contribution in [3.05, 3.63) is 61.9 Å². The van der Waals surface area contributed by atoms with Gasteiger partial charge >= 0.3 is 5.97 Å². The molecule has 0 fully saturated rings. The molecule has 1 amide bonds. The molecule has 0 unspecified atom stereocenters. The third kappa shape index (κ3) is 4.29. The SMILES string of the molecule is CCOC(=O)Cn1c(=NC(=O)c2ccc(Cl)cc2Cl)sc2cc(C)cc(C)c21. The van der Waals surface area contributed by atoms with Crippen LogP contribution < -0.4 is 4.80 Å². The first-order valence-corrected chi connectivity index (χ1v) is 10.2. The molecule has 1 heterocycles. The van der Waals surface area contributed by atoms with Crippen molar-refractivity contribution in [2.24, 2.45) is 4.99 Å². The Hall–Kier alpha value is -2.15. The number of rotatable bonds is 4. The number of thiazole rings is 1. The molecule has 0 saturated heterocycles. The van der Waals surface area contributed by atoms with E-state index in [1.54, 1.807) is 17.6 Å². The number of esters is 1. The Kier molecular flexibility index (Phi) is 6.23. The number of ether oxygens (including phenoxy) is 1. The summed E-state index contributed by atoms with van der Waals surface area (Å²) >= 11 is 13.4. The van der Waals surface area contributed by atoms with E-state index in [0.717, 1.165) is 21.3 Å². The first kappa shape index (κ1) is 20.6. The molecule has 0 bridgehead atoms. The second kappa shape index (κ2) is 8.47. The zero-order valence-electron chi connectivity index (χ0n) is 15.6. The number of carbonyl (C=O) groups is 2. The van der Waals surface area contributed by atoms with Crippen LogP contribution in [0.25, 0.3) is 10.2 Å². The molecular weight excluding hydrogens is 419 g/mol. The van der Waals surface area contributed by atoms with E-state index in [0.29, 0.717) is 9.82 Å². The van der Waals surface area contributed by atoms with Crippen LogP contribution in [0.1, 0.15) is 28.4 Å². The van der Waals surface area contributed by atoms with Gasteiger partial charge in [-0.1, -0.05) is 40.6 Å². The summed E-state index contributed by atoms with van der Waals surface area (Å²) in [5.41, 5.74) is 3.19. The van der Waals surface area contributed by atoms with Crippen LogP contribution in [0.2, 0.25) is 10.0 Å². The number of halogens is 2. The van der Waals surface area contributed by atoms with Crippen molar-refractivity contribution in [2.75, 3.05) is 6.61 Å². The fraction of sp³-hybridized carbons (Fsp3) is 0.250. The molecule has 0 radical (unpaired) electrons. The number of hydrogen-bond acceptors (Lipinski definition) is 4. The van der Waals surface area contributed by atoms with Crippen molar-refractivity contribution in [1.82, 2.24) is 4.57 Å². The van der Waals surface area contributed by atoms with Crippen molar-refractivity contribution in [3.8, 4) is 0 Å². The fourth-order valence-electron chi connectivity index (χ4n) is 2.97. The number of aryl methyl sites for hydroxylation is 2. The van der Waals surface area contributed by atoms with Gasteiger partial charge < -0.3 is 9.30 Å². The van der Waals surface area contributed by atoms with Gasteiger partial charge in [0.15, 0.2) is 4.80 Å². The molecular formula is C20H18Cl2N2O3S. The maximum Gasteiger partial charge on any atom is 0.326 e. The second-order valence-corrected chi connectivity index (χ2v) is 8.10. The molecule has 0 spiro atoms. The van der Waals surface area contributed by atoms with Gasteiger partial charge in [0.25, 0.3) is 5.91 Å². The third-order valence-corrected chi connectivity index (χ3v) is 5.64. The van der Waals surface area contributed by atoms with E-state index < -0.39 is 5.91 Å². The van der Waals surface area contributed by atoms with E-state index in [1.165, 1.54) is 23.5 Å². The van der Waals surface area contributed by atoms with Crippen LogP contribution in [0.5, 0.6) is 0 Å².